The van der Waals surface area contributed by atoms with Crippen molar-refractivity contribution in [3.8, 4) is 0 Å². The summed E-state index contributed by atoms with van der Waals surface area (Å²) in [6, 6.07) is 16.3. The Morgan fingerprint density at radius 3 is 2.40 bits per heavy atom. The molecule has 0 saturated heterocycles. The molecule has 0 aromatic heterocycles. The highest BCUT2D eigenvalue weighted by atomic mass is 32.1. The van der Waals surface area contributed by atoms with Crippen molar-refractivity contribution < 1.29 is 19.1 Å². The minimum absolute atomic E-state index is 0.0153. The van der Waals surface area contributed by atoms with Crippen molar-refractivity contribution in [2.75, 3.05) is 23.4 Å². The number of hydrogen-bond donors (Lipinski definition) is 2. The zero-order valence-corrected chi connectivity index (χ0v) is 17.8. The summed E-state index contributed by atoms with van der Waals surface area (Å²) in [5, 5.41) is 5.49. The van der Waals surface area contributed by atoms with E-state index in [1.165, 1.54) is 0 Å². The molecule has 0 aliphatic carbocycles. The number of benzene rings is 2. The van der Waals surface area contributed by atoms with Gasteiger partial charge < -0.3 is 20.3 Å². The van der Waals surface area contributed by atoms with Crippen LogP contribution in [-0.2, 0) is 14.3 Å². The number of para-hydroxylation sites is 1. The third-order valence-corrected chi connectivity index (χ3v) is 4.32. The van der Waals surface area contributed by atoms with Crippen LogP contribution in [-0.4, -0.2) is 36.0 Å². The molecule has 0 bridgehead atoms. The standard InChI is InChI=1S/C22H25N3O4S/c1-3-25(18-11-6-5-7-12-18)21(28)16-9-8-10-17(15-16)23-22(30)24-19(26)13-14-20(27)29-4-2/h5-12,15H,3-4,13-14H2,1-2H3,(H2,23,24,26,30). The van der Waals surface area contributed by atoms with Gasteiger partial charge in [-0.05, 0) is 56.4 Å². The molecule has 2 N–H and O–H groups in total. The maximum Gasteiger partial charge on any atom is 0.306 e. The fraction of sp³-hybridized carbons (Fsp3) is 0.273. The highest BCUT2D eigenvalue weighted by molar-refractivity contribution is 7.80. The first-order valence-corrected chi connectivity index (χ1v) is 10.1. The quantitative estimate of drug-likeness (QED) is 0.495. The van der Waals surface area contributed by atoms with Gasteiger partial charge in [0, 0.05) is 29.9 Å². The maximum atomic E-state index is 12.9. The van der Waals surface area contributed by atoms with Crippen molar-refractivity contribution in [1.82, 2.24) is 5.32 Å². The lowest BCUT2D eigenvalue weighted by atomic mass is 10.1. The second kappa shape index (κ2) is 11.7. The summed E-state index contributed by atoms with van der Waals surface area (Å²) >= 11 is 5.15. The molecule has 2 aromatic carbocycles. The van der Waals surface area contributed by atoms with Gasteiger partial charge in [0.2, 0.25) is 5.91 Å². The molecule has 30 heavy (non-hydrogen) atoms. The lowest BCUT2D eigenvalue weighted by Gasteiger charge is -2.21. The molecule has 7 nitrogen and oxygen atoms in total. The van der Waals surface area contributed by atoms with E-state index >= 15 is 0 Å². The SMILES string of the molecule is CCOC(=O)CCC(=O)NC(=S)Nc1cccc(C(=O)N(CC)c2ccccc2)c1. The number of hydrogen-bond acceptors (Lipinski definition) is 5. The van der Waals surface area contributed by atoms with Crippen LogP contribution in [0.5, 0.6) is 0 Å². The van der Waals surface area contributed by atoms with E-state index in [-0.39, 0.29) is 30.5 Å². The first-order chi connectivity index (χ1) is 14.4. The fourth-order valence-electron chi connectivity index (χ4n) is 2.74. The van der Waals surface area contributed by atoms with Crippen molar-refractivity contribution in [2.24, 2.45) is 0 Å². The smallest absolute Gasteiger partial charge is 0.306 e. The molecule has 0 atom stereocenters. The molecule has 0 saturated carbocycles. The average Bonchev–Trinajstić information content (AvgIpc) is 2.74. The summed E-state index contributed by atoms with van der Waals surface area (Å²) in [6.45, 7) is 4.41. The van der Waals surface area contributed by atoms with Crippen LogP contribution in [0.25, 0.3) is 0 Å². The van der Waals surface area contributed by atoms with E-state index in [9.17, 15) is 14.4 Å². The van der Waals surface area contributed by atoms with E-state index in [4.69, 9.17) is 17.0 Å². The van der Waals surface area contributed by atoms with Gasteiger partial charge in [-0.1, -0.05) is 24.3 Å². The van der Waals surface area contributed by atoms with Gasteiger partial charge in [-0.25, -0.2) is 0 Å². The Morgan fingerprint density at radius 2 is 1.73 bits per heavy atom. The summed E-state index contributed by atoms with van der Waals surface area (Å²) in [5.74, 6) is -0.970. The van der Waals surface area contributed by atoms with Gasteiger partial charge >= 0.3 is 5.97 Å². The fourth-order valence-corrected chi connectivity index (χ4v) is 2.97. The number of nitrogens with zero attached hydrogens (tertiary/aromatic N) is 1. The summed E-state index contributed by atoms with van der Waals surface area (Å²) in [4.78, 5) is 37.8. The molecule has 2 rings (SSSR count). The van der Waals surface area contributed by atoms with Crippen molar-refractivity contribution >= 4 is 46.5 Å². The normalized spacial score (nSPS) is 10.1. The number of esters is 1. The summed E-state index contributed by atoms with van der Waals surface area (Å²) in [6.07, 6.45) is -0.0413. The van der Waals surface area contributed by atoms with Crippen LogP contribution < -0.4 is 15.5 Å². The predicted octanol–water partition coefficient (Wildman–Crippen LogP) is 3.51. The third kappa shape index (κ3) is 6.97. The minimum Gasteiger partial charge on any atom is -0.466 e. The Kier molecular flexibility index (Phi) is 8.96. The molecule has 158 valence electrons. The number of nitrogens with one attached hydrogen (secondary N) is 2. The molecule has 0 aliphatic rings. The zero-order chi connectivity index (χ0) is 21.9. The van der Waals surface area contributed by atoms with Crippen LogP contribution >= 0.6 is 12.2 Å². The number of carbonyl (C=O) groups excluding carboxylic acids is 3. The number of carbonyl (C=O) groups is 3. The van der Waals surface area contributed by atoms with Crippen LogP contribution in [0.4, 0.5) is 11.4 Å². The van der Waals surface area contributed by atoms with E-state index in [1.54, 1.807) is 36.1 Å². The monoisotopic (exact) mass is 427 g/mol. The lowest BCUT2D eigenvalue weighted by molar-refractivity contribution is -0.144. The Hall–Kier alpha value is -3.26. The van der Waals surface area contributed by atoms with Crippen molar-refractivity contribution in [3.63, 3.8) is 0 Å². The van der Waals surface area contributed by atoms with E-state index in [2.05, 4.69) is 10.6 Å². The molecular weight excluding hydrogens is 402 g/mol. The topological polar surface area (TPSA) is 87.7 Å². The molecule has 0 radical (unpaired) electrons. The van der Waals surface area contributed by atoms with Gasteiger partial charge in [-0.3, -0.25) is 14.4 Å². The Labute approximate surface area is 181 Å². The van der Waals surface area contributed by atoms with Crippen molar-refractivity contribution in [2.45, 2.75) is 26.7 Å². The predicted molar refractivity (Wildman–Crippen MR) is 120 cm³/mol. The largest absolute Gasteiger partial charge is 0.466 e. The summed E-state index contributed by atoms with van der Waals surface area (Å²) < 4.78 is 4.79. The number of rotatable bonds is 8. The van der Waals surface area contributed by atoms with E-state index < -0.39 is 11.9 Å². The van der Waals surface area contributed by atoms with Gasteiger partial charge in [0.25, 0.3) is 5.91 Å². The molecule has 0 aliphatic heterocycles. The van der Waals surface area contributed by atoms with Gasteiger partial charge in [-0.15, -0.1) is 0 Å². The van der Waals surface area contributed by atoms with Crippen LogP contribution in [0.3, 0.4) is 0 Å². The molecule has 0 unspecified atom stereocenters. The number of anilines is 2. The maximum absolute atomic E-state index is 12.9. The van der Waals surface area contributed by atoms with Crippen LogP contribution in [0, 0.1) is 0 Å². The molecule has 2 aromatic rings. The van der Waals surface area contributed by atoms with Crippen LogP contribution in [0.1, 0.15) is 37.0 Å². The van der Waals surface area contributed by atoms with Gasteiger partial charge in [0.1, 0.15) is 0 Å². The Balaban J connectivity index is 1.98. The second-order valence-electron chi connectivity index (χ2n) is 6.27. The number of thiocarbonyl (C=S) groups is 1. The van der Waals surface area contributed by atoms with Gasteiger partial charge in [0.05, 0.1) is 13.0 Å². The van der Waals surface area contributed by atoms with Crippen LogP contribution in [0.2, 0.25) is 0 Å². The molecule has 0 fully saturated rings. The lowest BCUT2D eigenvalue weighted by Crippen LogP contribution is -2.34. The van der Waals surface area contributed by atoms with E-state index in [0.717, 1.165) is 5.69 Å². The molecule has 8 heteroatoms. The average molecular weight is 428 g/mol. The molecule has 2 amide bonds. The van der Waals surface area contributed by atoms with Crippen LogP contribution in [0.15, 0.2) is 54.6 Å². The summed E-state index contributed by atoms with van der Waals surface area (Å²) in [7, 11) is 0. The van der Waals surface area contributed by atoms with Crippen molar-refractivity contribution in [3.05, 3.63) is 60.2 Å². The van der Waals surface area contributed by atoms with Gasteiger partial charge in [-0.2, -0.15) is 0 Å². The minimum atomic E-state index is -0.434. The van der Waals surface area contributed by atoms with Gasteiger partial charge in [0.15, 0.2) is 5.11 Å². The third-order valence-electron chi connectivity index (χ3n) is 4.11. The Morgan fingerprint density at radius 1 is 1.00 bits per heavy atom. The number of ether oxygens (including phenoxy) is 1. The van der Waals surface area contributed by atoms with Crippen molar-refractivity contribution in [1.29, 1.82) is 0 Å². The van der Waals surface area contributed by atoms with E-state index in [1.807, 2.05) is 37.3 Å². The first-order valence-electron chi connectivity index (χ1n) is 9.68. The highest BCUT2D eigenvalue weighted by Gasteiger charge is 2.16. The molecule has 0 heterocycles. The number of amides is 2. The highest BCUT2D eigenvalue weighted by Crippen LogP contribution is 2.18. The molecule has 0 spiro atoms. The zero-order valence-electron chi connectivity index (χ0n) is 17.0. The summed E-state index contributed by atoms with van der Waals surface area (Å²) in [5.41, 5.74) is 1.87. The Bertz CT molecular complexity index is 902. The second-order valence-corrected chi connectivity index (χ2v) is 6.68. The first kappa shape index (κ1) is 23.0. The van der Waals surface area contributed by atoms with E-state index in [0.29, 0.717) is 17.8 Å². The molecular formula is C22H25N3O4S.